The lowest BCUT2D eigenvalue weighted by atomic mass is 10.6. The molecular formula is C10H25NO3Si. The van der Waals surface area contributed by atoms with Gasteiger partial charge in [0.2, 0.25) is 0 Å². The molecule has 0 saturated heterocycles. The summed E-state index contributed by atoms with van der Waals surface area (Å²) in [7, 11) is 1.48. The molecule has 0 atom stereocenters. The fourth-order valence-corrected chi connectivity index (χ4v) is 2.23. The molecule has 0 aliphatic heterocycles. The lowest BCUT2D eigenvalue weighted by molar-refractivity contribution is 0.0382. The van der Waals surface area contributed by atoms with Gasteiger partial charge in [-0.25, -0.2) is 0 Å². The summed E-state index contributed by atoms with van der Waals surface area (Å²) >= 11 is 0. The van der Waals surface area contributed by atoms with E-state index in [0.717, 1.165) is 19.1 Å². The molecule has 92 valence electrons. The van der Waals surface area contributed by atoms with Crippen molar-refractivity contribution in [3.05, 3.63) is 0 Å². The van der Waals surface area contributed by atoms with Crippen molar-refractivity contribution in [1.29, 1.82) is 0 Å². The predicted molar refractivity (Wildman–Crippen MR) is 64.2 cm³/mol. The molecule has 0 N–H and O–H groups in total. The second kappa shape index (κ2) is 8.24. The minimum absolute atomic E-state index is 0.699. The van der Waals surface area contributed by atoms with Crippen LogP contribution >= 0.6 is 0 Å². The van der Waals surface area contributed by atoms with Crippen molar-refractivity contribution in [2.24, 2.45) is 0 Å². The first kappa shape index (κ1) is 15.1. The van der Waals surface area contributed by atoms with Gasteiger partial charge in [0.25, 0.3) is 0 Å². The van der Waals surface area contributed by atoms with Crippen LogP contribution in [0.1, 0.15) is 13.8 Å². The van der Waals surface area contributed by atoms with E-state index in [-0.39, 0.29) is 0 Å². The molecule has 0 aliphatic rings. The average molecular weight is 235 g/mol. The highest BCUT2D eigenvalue weighted by Gasteiger charge is 2.28. The van der Waals surface area contributed by atoms with Crippen molar-refractivity contribution in [3.8, 4) is 0 Å². The lowest BCUT2D eigenvalue weighted by Crippen LogP contribution is -2.37. The predicted octanol–water partition coefficient (Wildman–Crippen LogP) is 1.67. The van der Waals surface area contributed by atoms with Gasteiger partial charge in [0.05, 0.1) is 13.3 Å². The van der Waals surface area contributed by atoms with Gasteiger partial charge < -0.3 is 13.6 Å². The molecule has 0 aliphatic carbocycles. The summed E-state index contributed by atoms with van der Waals surface area (Å²) in [5, 5.41) is 0. The first-order valence-corrected chi connectivity index (χ1v) is 8.04. The molecule has 0 aromatic carbocycles. The number of rotatable bonds is 9. The van der Waals surface area contributed by atoms with Crippen molar-refractivity contribution >= 4 is 8.56 Å². The monoisotopic (exact) mass is 235 g/mol. The smallest absolute Gasteiger partial charge is 0.336 e. The van der Waals surface area contributed by atoms with Crippen molar-refractivity contribution < 1.29 is 13.6 Å². The third-order valence-electron chi connectivity index (χ3n) is 2.73. The maximum atomic E-state index is 5.58. The highest BCUT2D eigenvalue weighted by atomic mass is 28.4. The minimum Gasteiger partial charge on any atom is -0.398 e. The molecule has 0 rings (SSSR count). The summed E-state index contributed by atoms with van der Waals surface area (Å²) < 4.78 is 16.3. The minimum atomic E-state index is -1.93. The molecule has 0 spiro atoms. The van der Waals surface area contributed by atoms with Gasteiger partial charge in [-0.2, -0.15) is 0 Å². The van der Waals surface area contributed by atoms with Crippen LogP contribution < -0.4 is 0 Å². The van der Waals surface area contributed by atoms with Gasteiger partial charge in [-0.3, -0.25) is 4.90 Å². The first-order valence-electron chi connectivity index (χ1n) is 5.52. The highest BCUT2D eigenvalue weighted by molar-refractivity contribution is 6.65. The van der Waals surface area contributed by atoms with Crippen LogP contribution in [-0.2, 0) is 13.6 Å². The van der Waals surface area contributed by atoms with E-state index < -0.39 is 8.56 Å². The normalized spacial score (nSPS) is 12.4. The summed E-state index contributed by atoms with van der Waals surface area (Å²) in [6, 6.07) is 0.876. The van der Waals surface area contributed by atoms with Crippen molar-refractivity contribution in [2.45, 2.75) is 26.4 Å². The Hall–Kier alpha value is 0.0569. The molecule has 0 radical (unpaired) electrons. The Labute approximate surface area is 94.8 Å². The number of hydrogen-bond acceptors (Lipinski definition) is 4. The first-order chi connectivity index (χ1) is 7.11. The maximum Gasteiger partial charge on any atom is 0.336 e. The van der Waals surface area contributed by atoms with Crippen molar-refractivity contribution in [2.75, 3.05) is 40.6 Å². The summed E-state index contributed by atoms with van der Waals surface area (Å²) in [5.41, 5.74) is 0. The quantitative estimate of drug-likeness (QED) is 0.345. The van der Waals surface area contributed by atoms with Gasteiger partial charge in [-0.1, -0.05) is 13.8 Å². The third kappa shape index (κ3) is 6.27. The van der Waals surface area contributed by atoms with Crippen LogP contribution in [0.4, 0.5) is 0 Å². The Morgan fingerprint density at radius 1 is 1.07 bits per heavy atom. The second-order valence-electron chi connectivity index (χ2n) is 3.63. The van der Waals surface area contributed by atoms with Crippen LogP contribution in [0, 0.1) is 0 Å². The molecular weight excluding hydrogens is 210 g/mol. The van der Waals surface area contributed by atoms with Crippen LogP contribution in [0.5, 0.6) is 0 Å². The number of nitrogens with zero attached hydrogens (tertiary/aromatic N) is 1. The van der Waals surface area contributed by atoms with E-state index in [4.69, 9.17) is 13.6 Å². The fraction of sp³-hybridized carbons (Fsp3) is 1.00. The van der Waals surface area contributed by atoms with Crippen LogP contribution in [0.25, 0.3) is 0 Å². The highest BCUT2D eigenvalue weighted by Crippen LogP contribution is 2.10. The lowest BCUT2D eigenvalue weighted by Gasteiger charge is -2.23. The Balaban J connectivity index is 3.60. The molecule has 4 nitrogen and oxygen atoms in total. The molecule has 0 aromatic rings. The molecule has 0 amide bonds. The summed E-state index contributed by atoms with van der Waals surface area (Å²) in [6.45, 7) is 9.78. The molecule has 15 heavy (non-hydrogen) atoms. The Kier molecular flexibility index (Phi) is 8.27. The molecule has 0 bridgehead atoms. The van der Waals surface area contributed by atoms with Gasteiger partial charge in [0.15, 0.2) is 0 Å². The van der Waals surface area contributed by atoms with E-state index in [0.29, 0.717) is 13.3 Å². The van der Waals surface area contributed by atoms with Gasteiger partial charge in [-0.05, 0) is 19.6 Å². The molecule has 0 fully saturated rings. The third-order valence-corrected chi connectivity index (χ3v) is 5.57. The summed E-state index contributed by atoms with van der Waals surface area (Å²) in [6.07, 6.45) is 0. The van der Waals surface area contributed by atoms with Crippen molar-refractivity contribution in [3.63, 3.8) is 0 Å². The number of hydrogen-bond donors (Lipinski definition) is 0. The van der Waals surface area contributed by atoms with E-state index in [1.165, 1.54) is 0 Å². The van der Waals surface area contributed by atoms with Crippen LogP contribution in [0.2, 0.25) is 12.6 Å². The zero-order chi connectivity index (χ0) is 11.7. The van der Waals surface area contributed by atoms with Crippen LogP contribution in [0.3, 0.4) is 0 Å². The van der Waals surface area contributed by atoms with E-state index in [1.54, 1.807) is 14.2 Å². The molecule has 0 unspecified atom stereocenters. The van der Waals surface area contributed by atoms with Gasteiger partial charge in [0, 0.05) is 20.3 Å². The zero-order valence-electron chi connectivity index (χ0n) is 10.7. The van der Waals surface area contributed by atoms with Gasteiger partial charge in [-0.15, -0.1) is 0 Å². The number of ether oxygens (including phenoxy) is 1. The average Bonchev–Trinajstić information content (AvgIpc) is 2.29. The fourth-order valence-electron chi connectivity index (χ4n) is 1.14. The topological polar surface area (TPSA) is 30.9 Å². The van der Waals surface area contributed by atoms with Gasteiger partial charge in [0.1, 0.15) is 0 Å². The van der Waals surface area contributed by atoms with Crippen LogP contribution in [0.15, 0.2) is 0 Å². The molecule has 5 heteroatoms. The Bertz CT molecular complexity index is 150. The van der Waals surface area contributed by atoms with E-state index in [1.807, 2.05) is 6.55 Å². The summed E-state index contributed by atoms with van der Waals surface area (Å²) in [4.78, 5) is 2.23. The SMILES string of the molecule is CCN(CC)COCC[Si](C)(OC)OC. The molecule has 0 aromatic heterocycles. The maximum absolute atomic E-state index is 5.58. The summed E-state index contributed by atoms with van der Waals surface area (Å²) in [5.74, 6) is 0. The molecule has 0 saturated carbocycles. The largest absolute Gasteiger partial charge is 0.398 e. The Morgan fingerprint density at radius 3 is 2.00 bits per heavy atom. The van der Waals surface area contributed by atoms with Gasteiger partial charge >= 0.3 is 8.56 Å². The van der Waals surface area contributed by atoms with Crippen molar-refractivity contribution in [1.82, 2.24) is 4.90 Å². The Morgan fingerprint density at radius 2 is 1.60 bits per heavy atom. The van der Waals surface area contributed by atoms with Crippen LogP contribution in [-0.4, -0.2) is 54.1 Å². The zero-order valence-corrected chi connectivity index (χ0v) is 11.7. The van der Waals surface area contributed by atoms with E-state index >= 15 is 0 Å². The second-order valence-corrected chi connectivity index (χ2v) is 7.22. The standard InChI is InChI=1S/C10H25NO3Si/c1-6-11(7-2)10-14-8-9-15(5,12-3)13-4/h6-10H2,1-5H3. The van der Waals surface area contributed by atoms with E-state index in [9.17, 15) is 0 Å². The van der Waals surface area contributed by atoms with E-state index in [2.05, 4.69) is 18.7 Å². The molecule has 0 heterocycles.